The summed E-state index contributed by atoms with van der Waals surface area (Å²) in [7, 11) is 0. The van der Waals surface area contributed by atoms with Gasteiger partial charge in [-0.1, -0.05) is 5.21 Å². The SMILES string of the molecule is NCCn1cc(C(=O)CCC2CCCO2)nn1. The molecule has 1 fully saturated rings. The molecule has 0 aliphatic carbocycles. The van der Waals surface area contributed by atoms with Crippen molar-refractivity contribution in [2.45, 2.75) is 38.3 Å². The molecule has 1 atom stereocenters. The molecule has 1 unspecified atom stereocenters. The third-order valence-electron chi connectivity index (χ3n) is 2.90. The molecule has 6 heteroatoms. The van der Waals surface area contributed by atoms with E-state index >= 15 is 0 Å². The predicted molar refractivity (Wildman–Crippen MR) is 61.6 cm³/mol. The summed E-state index contributed by atoms with van der Waals surface area (Å²) < 4.78 is 7.07. The van der Waals surface area contributed by atoms with Gasteiger partial charge in [0.2, 0.25) is 0 Å². The van der Waals surface area contributed by atoms with Crippen LogP contribution < -0.4 is 5.73 Å². The maximum absolute atomic E-state index is 11.8. The lowest BCUT2D eigenvalue weighted by molar-refractivity contribution is 0.0856. The Morgan fingerprint density at radius 1 is 1.65 bits per heavy atom. The second-order valence-electron chi connectivity index (χ2n) is 4.25. The van der Waals surface area contributed by atoms with Crippen molar-refractivity contribution >= 4 is 5.78 Å². The highest BCUT2D eigenvalue weighted by Crippen LogP contribution is 2.17. The molecule has 1 aliphatic rings. The van der Waals surface area contributed by atoms with Crippen molar-refractivity contribution < 1.29 is 9.53 Å². The fraction of sp³-hybridized carbons (Fsp3) is 0.727. The Bertz CT molecular complexity index is 371. The van der Waals surface area contributed by atoms with E-state index in [1.807, 2.05) is 0 Å². The van der Waals surface area contributed by atoms with Crippen LogP contribution in [0.3, 0.4) is 0 Å². The van der Waals surface area contributed by atoms with Crippen LogP contribution >= 0.6 is 0 Å². The number of Topliss-reactive ketones (excluding diaryl/α,β-unsaturated/α-hetero) is 1. The number of carbonyl (C=O) groups is 1. The van der Waals surface area contributed by atoms with E-state index in [1.165, 1.54) is 0 Å². The first-order valence-corrected chi connectivity index (χ1v) is 6.04. The summed E-state index contributed by atoms with van der Waals surface area (Å²) >= 11 is 0. The number of ether oxygens (including phenoxy) is 1. The smallest absolute Gasteiger partial charge is 0.184 e. The zero-order valence-electron chi connectivity index (χ0n) is 9.84. The molecule has 2 N–H and O–H groups in total. The number of hydrogen-bond acceptors (Lipinski definition) is 5. The molecule has 0 bridgehead atoms. The topological polar surface area (TPSA) is 83.0 Å². The summed E-state index contributed by atoms with van der Waals surface area (Å²) in [4.78, 5) is 11.8. The molecule has 1 aliphatic heterocycles. The van der Waals surface area contributed by atoms with E-state index in [0.717, 1.165) is 25.9 Å². The summed E-state index contributed by atoms with van der Waals surface area (Å²) in [6, 6.07) is 0. The Morgan fingerprint density at radius 2 is 2.53 bits per heavy atom. The molecule has 94 valence electrons. The van der Waals surface area contributed by atoms with Gasteiger partial charge in [-0.25, -0.2) is 0 Å². The Morgan fingerprint density at radius 3 is 3.24 bits per heavy atom. The molecule has 2 heterocycles. The third-order valence-corrected chi connectivity index (χ3v) is 2.90. The number of nitrogens with two attached hydrogens (primary N) is 1. The minimum atomic E-state index is 0.0313. The quantitative estimate of drug-likeness (QED) is 0.724. The van der Waals surface area contributed by atoms with Crippen molar-refractivity contribution in [3.63, 3.8) is 0 Å². The van der Waals surface area contributed by atoms with Crippen LogP contribution in [-0.4, -0.2) is 40.0 Å². The van der Waals surface area contributed by atoms with Crippen molar-refractivity contribution in [3.8, 4) is 0 Å². The van der Waals surface area contributed by atoms with Crippen molar-refractivity contribution in [2.24, 2.45) is 5.73 Å². The molecule has 17 heavy (non-hydrogen) atoms. The van der Waals surface area contributed by atoms with Gasteiger partial charge < -0.3 is 10.5 Å². The van der Waals surface area contributed by atoms with Crippen LogP contribution in [0.1, 0.15) is 36.2 Å². The average molecular weight is 238 g/mol. The van der Waals surface area contributed by atoms with Crippen molar-refractivity contribution in [1.29, 1.82) is 0 Å². The highest BCUT2D eigenvalue weighted by molar-refractivity contribution is 5.93. The first-order chi connectivity index (χ1) is 8.29. The number of carbonyl (C=O) groups excluding carboxylic acids is 1. The maximum atomic E-state index is 11.8. The average Bonchev–Trinajstić information content (AvgIpc) is 2.97. The number of aromatic nitrogens is 3. The molecule has 0 spiro atoms. The van der Waals surface area contributed by atoms with E-state index in [1.54, 1.807) is 10.9 Å². The minimum absolute atomic E-state index is 0.0313. The lowest BCUT2D eigenvalue weighted by Gasteiger charge is -2.06. The highest BCUT2D eigenvalue weighted by atomic mass is 16.5. The summed E-state index contributed by atoms with van der Waals surface area (Å²) in [6.07, 6.45) is 5.33. The molecule has 2 rings (SSSR count). The Kier molecular flexibility index (Phi) is 4.22. The number of hydrogen-bond donors (Lipinski definition) is 1. The Labute approximate surface area is 100 Å². The van der Waals surface area contributed by atoms with Crippen LogP contribution in [-0.2, 0) is 11.3 Å². The van der Waals surface area contributed by atoms with Gasteiger partial charge in [0, 0.05) is 19.6 Å². The van der Waals surface area contributed by atoms with E-state index in [0.29, 0.717) is 25.2 Å². The largest absolute Gasteiger partial charge is 0.378 e. The molecular formula is C11H18N4O2. The van der Waals surface area contributed by atoms with Gasteiger partial charge in [0.25, 0.3) is 0 Å². The molecule has 0 amide bonds. The Balaban J connectivity index is 1.81. The fourth-order valence-corrected chi connectivity index (χ4v) is 1.96. The normalized spacial score (nSPS) is 19.7. The second-order valence-corrected chi connectivity index (χ2v) is 4.25. The lowest BCUT2D eigenvalue weighted by atomic mass is 10.1. The zero-order chi connectivity index (χ0) is 12.1. The standard InChI is InChI=1S/C11H18N4O2/c12-5-6-15-8-10(13-14-15)11(16)4-3-9-2-1-7-17-9/h8-9H,1-7,12H2. The van der Waals surface area contributed by atoms with Crippen molar-refractivity contribution in [3.05, 3.63) is 11.9 Å². The van der Waals surface area contributed by atoms with Gasteiger partial charge in [-0.05, 0) is 19.3 Å². The van der Waals surface area contributed by atoms with Crippen LogP contribution in [0.5, 0.6) is 0 Å². The highest BCUT2D eigenvalue weighted by Gasteiger charge is 2.18. The van der Waals surface area contributed by atoms with Gasteiger partial charge in [0.1, 0.15) is 5.69 Å². The second kappa shape index (κ2) is 5.88. The first kappa shape index (κ1) is 12.2. The van der Waals surface area contributed by atoms with E-state index in [-0.39, 0.29) is 11.9 Å². The molecule has 1 aromatic heterocycles. The molecule has 1 saturated heterocycles. The van der Waals surface area contributed by atoms with Crippen LogP contribution in [0.4, 0.5) is 0 Å². The summed E-state index contributed by atoms with van der Waals surface area (Å²) in [5.74, 6) is 0.0313. The molecule has 0 radical (unpaired) electrons. The molecule has 6 nitrogen and oxygen atoms in total. The van der Waals surface area contributed by atoms with E-state index in [2.05, 4.69) is 10.3 Å². The van der Waals surface area contributed by atoms with Crippen LogP contribution in [0.15, 0.2) is 6.20 Å². The van der Waals surface area contributed by atoms with Gasteiger partial charge in [-0.2, -0.15) is 0 Å². The van der Waals surface area contributed by atoms with E-state index in [4.69, 9.17) is 10.5 Å². The van der Waals surface area contributed by atoms with Gasteiger partial charge in [0.15, 0.2) is 5.78 Å². The zero-order valence-corrected chi connectivity index (χ0v) is 9.84. The number of rotatable bonds is 6. The van der Waals surface area contributed by atoms with E-state index < -0.39 is 0 Å². The van der Waals surface area contributed by atoms with Gasteiger partial charge in [-0.15, -0.1) is 5.10 Å². The number of ketones is 1. The van der Waals surface area contributed by atoms with Crippen molar-refractivity contribution in [2.75, 3.05) is 13.2 Å². The third kappa shape index (κ3) is 3.34. The van der Waals surface area contributed by atoms with Gasteiger partial charge in [0.05, 0.1) is 18.8 Å². The predicted octanol–water partition coefficient (Wildman–Crippen LogP) is 0.379. The fourth-order valence-electron chi connectivity index (χ4n) is 1.96. The first-order valence-electron chi connectivity index (χ1n) is 6.04. The van der Waals surface area contributed by atoms with Gasteiger partial charge >= 0.3 is 0 Å². The van der Waals surface area contributed by atoms with E-state index in [9.17, 15) is 4.79 Å². The molecular weight excluding hydrogens is 220 g/mol. The monoisotopic (exact) mass is 238 g/mol. The van der Waals surface area contributed by atoms with Crippen LogP contribution in [0.2, 0.25) is 0 Å². The maximum Gasteiger partial charge on any atom is 0.184 e. The summed E-state index contributed by atoms with van der Waals surface area (Å²) in [5.41, 5.74) is 5.82. The summed E-state index contributed by atoms with van der Waals surface area (Å²) in [6.45, 7) is 1.91. The molecule has 0 saturated carbocycles. The summed E-state index contributed by atoms with van der Waals surface area (Å²) in [5, 5.41) is 7.69. The van der Waals surface area contributed by atoms with Crippen LogP contribution in [0.25, 0.3) is 0 Å². The van der Waals surface area contributed by atoms with Crippen LogP contribution in [0, 0.1) is 0 Å². The Hall–Kier alpha value is -1.27. The van der Waals surface area contributed by atoms with Crippen molar-refractivity contribution in [1.82, 2.24) is 15.0 Å². The molecule has 0 aromatic carbocycles. The number of nitrogens with zero attached hydrogens (tertiary/aromatic N) is 3. The van der Waals surface area contributed by atoms with Gasteiger partial charge in [-0.3, -0.25) is 9.48 Å². The lowest BCUT2D eigenvalue weighted by Crippen LogP contribution is -2.10. The molecule has 1 aromatic rings. The minimum Gasteiger partial charge on any atom is -0.378 e.